The zero-order chi connectivity index (χ0) is 15.4. The minimum Gasteiger partial charge on any atom is -0.493 e. The van der Waals surface area contributed by atoms with Crippen LogP contribution in [-0.2, 0) is 6.42 Å². The van der Waals surface area contributed by atoms with E-state index in [1.54, 1.807) is 14.2 Å². The Balaban J connectivity index is 2.23. The van der Waals surface area contributed by atoms with Gasteiger partial charge in [-0.05, 0) is 51.7 Å². The number of alkyl halides is 1. The number of halogens is 3. The third-order valence-electron chi connectivity index (χ3n) is 3.18. The van der Waals surface area contributed by atoms with Gasteiger partial charge in [0.05, 0.1) is 24.6 Å². The highest BCUT2D eigenvalue weighted by Crippen LogP contribution is 2.36. The van der Waals surface area contributed by atoms with Crippen LogP contribution in [0.1, 0.15) is 16.5 Å². The molecule has 0 aliphatic carbocycles. The third kappa shape index (κ3) is 3.85. The van der Waals surface area contributed by atoms with Crippen LogP contribution < -0.4 is 9.47 Å². The van der Waals surface area contributed by atoms with Gasteiger partial charge in [0.15, 0.2) is 11.5 Å². The van der Waals surface area contributed by atoms with Gasteiger partial charge < -0.3 is 9.47 Å². The predicted octanol–water partition coefficient (Wildman–Crippen LogP) is 5.64. The topological polar surface area (TPSA) is 18.5 Å². The monoisotopic (exact) mass is 388 g/mol. The molecule has 2 rings (SSSR count). The lowest BCUT2D eigenvalue weighted by Gasteiger charge is -2.14. The molecule has 1 unspecified atom stereocenters. The van der Waals surface area contributed by atoms with Crippen LogP contribution in [0.5, 0.6) is 11.5 Å². The zero-order valence-corrected chi connectivity index (χ0v) is 14.8. The van der Waals surface area contributed by atoms with Crippen molar-refractivity contribution < 1.29 is 9.47 Å². The van der Waals surface area contributed by atoms with Crippen LogP contribution in [0, 0.1) is 0 Å². The summed E-state index contributed by atoms with van der Waals surface area (Å²) in [5.74, 6) is 1.40. The molecule has 112 valence electrons. The van der Waals surface area contributed by atoms with Crippen molar-refractivity contribution >= 4 is 39.1 Å². The second-order valence-electron chi connectivity index (χ2n) is 4.50. The Morgan fingerprint density at radius 3 is 2.48 bits per heavy atom. The van der Waals surface area contributed by atoms with Gasteiger partial charge in [0.2, 0.25) is 0 Å². The van der Waals surface area contributed by atoms with E-state index in [4.69, 9.17) is 32.7 Å². The minimum atomic E-state index is -0.215. The third-order valence-corrected chi connectivity index (χ3v) is 4.88. The summed E-state index contributed by atoms with van der Waals surface area (Å²) in [6.07, 6.45) is 0.651. The van der Waals surface area contributed by atoms with Crippen molar-refractivity contribution in [2.45, 2.75) is 11.8 Å². The smallest absolute Gasteiger partial charge is 0.160 e. The van der Waals surface area contributed by atoms with Crippen molar-refractivity contribution in [3.63, 3.8) is 0 Å². The quantitative estimate of drug-likeness (QED) is 0.615. The molecule has 0 N–H and O–H groups in total. The molecule has 0 saturated carbocycles. The van der Waals surface area contributed by atoms with Gasteiger partial charge in [-0.15, -0.1) is 11.6 Å². The summed E-state index contributed by atoms with van der Waals surface area (Å²) in [6, 6.07) is 11.5. The average molecular weight is 390 g/mol. The molecule has 0 heterocycles. The predicted molar refractivity (Wildman–Crippen MR) is 91.0 cm³/mol. The molecule has 0 aromatic heterocycles. The summed E-state index contributed by atoms with van der Waals surface area (Å²) in [4.78, 5) is 0. The fraction of sp³-hybridized carbons (Fsp3) is 0.250. The molecule has 0 aliphatic heterocycles. The molecule has 5 heteroatoms. The van der Waals surface area contributed by atoms with Crippen LogP contribution in [0.25, 0.3) is 0 Å². The molecule has 0 saturated heterocycles. The number of methoxy groups -OCH3 is 2. The van der Waals surface area contributed by atoms with Crippen molar-refractivity contribution in [3.05, 3.63) is 57.0 Å². The van der Waals surface area contributed by atoms with Crippen molar-refractivity contribution in [1.82, 2.24) is 0 Å². The maximum atomic E-state index is 6.51. The summed E-state index contributed by atoms with van der Waals surface area (Å²) < 4.78 is 11.4. The Bertz CT molecular complexity index is 632. The molecule has 2 aromatic rings. The highest BCUT2D eigenvalue weighted by molar-refractivity contribution is 9.10. The first-order valence-electron chi connectivity index (χ1n) is 6.35. The van der Waals surface area contributed by atoms with E-state index in [2.05, 4.69) is 15.9 Å². The molecule has 0 spiro atoms. The number of rotatable bonds is 5. The van der Waals surface area contributed by atoms with Crippen LogP contribution in [0.2, 0.25) is 5.02 Å². The fourth-order valence-electron chi connectivity index (χ4n) is 2.09. The van der Waals surface area contributed by atoms with Crippen molar-refractivity contribution in [2.75, 3.05) is 14.2 Å². The van der Waals surface area contributed by atoms with E-state index in [1.807, 2.05) is 36.4 Å². The summed E-state index contributed by atoms with van der Waals surface area (Å²) in [5.41, 5.74) is 1.96. The molecule has 2 nitrogen and oxygen atoms in total. The van der Waals surface area contributed by atoms with E-state index in [9.17, 15) is 0 Å². The minimum absolute atomic E-state index is 0.215. The molecule has 21 heavy (non-hydrogen) atoms. The van der Waals surface area contributed by atoms with Crippen LogP contribution in [0.4, 0.5) is 0 Å². The summed E-state index contributed by atoms with van der Waals surface area (Å²) in [6.45, 7) is 0. The molecule has 0 aliphatic rings. The van der Waals surface area contributed by atoms with Crippen LogP contribution in [0.3, 0.4) is 0 Å². The van der Waals surface area contributed by atoms with Crippen LogP contribution in [0.15, 0.2) is 40.9 Å². The number of hydrogen-bond donors (Lipinski definition) is 0. The number of benzene rings is 2. The Kier molecular flexibility index (Phi) is 5.80. The van der Waals surface area contributed by atoms with E-state index in [0.717, 1.165) is 15.6 Å². The van der Waals surface area contributed by atoms with Crippen molar-refractivity contribution in [2.24, 2.45) is 0 Å². The zero-order valence-electron chi connectivity index (χ0n) is 11.7. The van der Waals surface area contributed by atoms with Gasteiger partial charge >= 0.3 is 0 Å². The van der Waals surface area contributed by atoms with E-state index in [-0.39, 0.29) is 5.38 Å². The number of ether oxygens (including phenoxy) is 2. The molecule has 1 atom stereocenters. The lowest BCUT2D eigenvalue weighted by molar-refractivity contribution is 0.354. The van der Waals surface area contributed by atoms with Gasteiger partial charge in [-0.25, -0.2) is 0 Å². The van der Waals surface area contributed by atoms with Gasteiger partial charge in [-0.2, -0.15) is 0 Å². The molecule has 0 bridgehead atoms. The highest BCUT2D eigenvalue weighted by Gasteiger charge is 2.15. The SMILES string of the molecule is COc1ccc(CC(Cl)c2cccc(Br)c2Cl)cc1OC. The normalized spacial score (nSPS) is 12.0. The molecular formula is C16H15BrCl2O2. The van der Waals surface area contributed by atoms with Crippen molar-refractivity contribution in [3.8, 4) is 11.5 Å². The van der Waals surface area contributed by atoms with Gasteiger partial charge in [-0.1, -0.05) is 29.8 Å². The van der Waals surface area contributed by atoms with Crippen molar-refractivity contribution in [1.29, 1.82) is 0 Å². The van der Waals surface area contributed by atoms with Gasteiger partial charge in [-0.3, -0.25) is 0 Å². The second-order valence-corrected chi connectivity index (χ2v) is 6.26. The summed E-state index contributed by atoms with van der Waals surface area (Å²) >= 11 is 16.2. The lowest BCUT2D eigenvalue weighted by atomic mass is 10.0. The number of hydrogen-bond acceptors (Lipinski definition) is 2. The first-order valence-corrected chi connectivity index (χ1v) is 7.96. The Morgan fingerprint density at radius 1 is 1.10 bits per heavy atom. The first-order chi connectivity index (χ1) is 10.1. The van der Waals surface area contributed by atoms with Gasteiger partial charge in [0.1, 0.15) is 0 Å². The second kappa shape index (κ2) is 7.39. The van der Waals surface area contributed by atoms with E-state index >= 15 is 0 Å². The Labute approximate surface area is 143 Å². The maximum absolute atomic E-state index is 6.51. The lowest BCUT2D eigenvalue weighted by Crippen LogP contribution is -1.99. The molecular weight excluding hydrogens is 375 g/mol. The average Bonchev–Trinajstić information content (AvgIpc) is 2.49. The fourth-order valence-corrected chi connectivity index (χ4v) is 3.14. The van der Waals surface area contributed by atoms with Gasteiger partial charge in [0, 0.05) is 4.47 Å². The largest absolute Gasteiger partial charge is 0.493 e. The first kappa shape index (κ1) is 16.5. The summed E-state index contributed by atoms with van der Waals surface area (Å²) in [7, 11) is 3.23. The van der Waals surface area contributed by atoms with E-state index in [0.29, 0.717) is 22.9 Å². The summed E-state index contributed by atoms with van der Waals surface area (Å²) in [5, 5.41) is 0.436. The van der Waals surface area contributed by atoms with Gasteiger partial charge in [0.25, 0.3) is 0 Å². The Morgan fingerprint density at radius 2 is 1.81 bits per heavy atom. The molecule has 0 radical (unpaired) electrons. The maximum Gasteiger partial charge on any atom is 0.160 e. The Hall–Kier alpha value is -0.900. The molecule has 0 fully saturated rings. The van der Waals surface area contributed by atoms with E-state index < -0.39 is 0 Å². The molecule has 0 amide bonds. The molecule has 2 aromatic carbocycles. The standard InChI is InChI=1S/C16H15BrCl2O2/c1-20-14-7-6-10(9-15(14)21-2)8-13(18)11-4-3-5-12(17)16(11)19/h3-7,9,13H,8H2,1-2H3. The van der Waals surface area contributed by atoms with E-state index in [1.165, 1.54) is 0 Å². The van der Waals surface area contributed by atoms with Crippen LogP contribution >= 0.6 is 39.1 Å². The highest BCUT2D eigenvalue weighted by atomic mass is 79.9. The van der Waals surface area contributed by atoms with Crippen LogP contribution in [-0.4, -0.2) is 14.2 Å².